The van der Waals surface area contributed by atoms with Crippen molar-refractivity contribution < 1.29 is 4.42 Å². The Morgan fingerprint density at radius 2 is 2.17 bits per heavy atom. The van der Waals surface area contributed by atoms with E-state index >= 15 is 0 Å². The molecule has 1 N–H and O–H groups in total. The van der Waals surface area contributed by atoms with Gasteiger partial charge in [0.05, 0.1) is 6.54 Å². The van der Waals surface area contributed by atoms with Gasteiger partial charge in [0.1, 0.15) is 0 Å². The van der Waals surface area contributed by atoms with E-state index in [1.165, 1.54) is 0 Å². The van der Waals surface area contributed by atoms with Crippen LogP contribution in [0.25, 0.3) is 0 Å². The molecule has 0 amide bonds. The highest BCUT2D eigenvalue weighted by atomic mass is 16.4. The van der Waals surface area contributed by atoms with Crippen LogP contribution < -0.4 is 5.32 Å². The molecule has 0 aliphatic heterocycles. The Morgan fingerprint density at radius 3 is 2.67 bits per heavy atom. The molecular weight excluding hydrogens is 154 g/mol. The van der Waals surface area contributed by atoms with Crippen molar-refractivity contribution >= 4 is 0 Å². The van der Waals surface area contributed by atoms with Crippen LogP contribution >= 0.6 is 0 Å². The van der Waals surface area contributed by atoms with Crippen LogP contribution in [-0.4, -0.2) is 16.7 Å². The van der Waals surface area contributed by atoms with Crippen LogP contribution in [0.4, 0.5) is 0 Å². The summed E-state index contributed by atoms with van der Waals surface area (Å²) >= 11 is 0. The number of rotatable bonds is 4. The third-order valence-electron chi connectivity index (χ3n) is 1.40. The summed E-state index contributed by atoms with van der Waals surface area (Å²) in [6, 6.07) is 0. The highest BCUT2D eigenvalue weighted by molar-refractivity contribution is 4.77. The van der Waals surface area contributed by atoms with E-state index in [9.17, 15) is 0 Å². The molecule has 0 spiro atoms. The average Bonchev–Trinajstić information content (AvgIpc) is 2.35. The van der Waals surface area contributed by atoms with Crippen molar-refractivity contribution in [3.05, 3.63) is 11.8 Å². The van der Waals surface area contributed by atoms with Gasteiger partial charge in [-0.2, -0.15) is 0 Å². The molecule has 1 rings (SSSR count). The first-order valence-corrected chi connectivity index (χ1v) is 4.18. The molecule has 0 saturated heterocycles. The molecule has 68 valence electrons. The predicted molar refractivity (Wildman–Crippen MR) is 45.6 cm³/mol. The number of hydrogen-bond donors (Lipinski definition) is 1. The quantitative estimate of drug-likeness (QED) is 0.734. The van der Waals surface area contributed by atoms with Gasteiger partial charge in [0.15, 0.2) is 0 Å². The van der Waals surface area contributed by atoms with Gasteiger partial charge in [-0.25, -0.2) is 0 Å². The molecule has 0 fully saturated rings. The summed E-state index contributed by atoms with van der Waals surface area (Å²) in [4.78, 5) is 0. The summed E-state index contributed by atoms with van der Waals surface area (Å²) in [5, 5.41) is 10.8. The molecule has 1 aromatic heterocycles. The minimum atomic E-state index is 0.622. The molecule has 0 aliphatic carbocycles. The molecule has 1 heterocycles. The summed E-state index contributed by atoms with van der Waals surface area (Å²) in [5.74, 6) is 1.93. The van der Waals surface area contributed by atoms with Gasteiger partial charge in [0.25, 0.3) is 0 Å². The van der Waals surface area contributed by atoms with Gasteiger partial charge in [-0.15, -0.1) is 10.2 Å². The first-order valence-electron chi connectivity index (χ1n) is 4.18. The Morgan fingerprint density at radius 1 is 1.42 bits per heavy atom. The molecule has 0 aromatic carbocycles. The molecule has 0 saturated carbocycles. The lowest BCUT2D eigenvalue weighted by atomic mass is 10.2. The van der Waals surface area contributed by atoms with E-state index in [1.807, 2.05) is 0 Å². The number of aromatic nitrogens is 2. The number of hydrogen-bond acceptors (Lipinski definition) is 4. The normalized spacial score (nSPS) is 11.0. The maximum atomic E-state index is 5.18. The smallest absolute Gasteiger partial charge is 0.230 e. The first kappa shape index (κ1) is 9.19. The van der Waals surface area contributed by atoms with Crippen LogP contribution in [0, 0.1) is 12.8 Å². The highest BCUT2D eigenvalue weighted by Gasteiger charge is 2.00. The second-order valence-electron chi connectivity index (χ2n) is 3.24. The minimum absolute atomic E-state index is 0.622. The van der Waals surface area contributed by atoms with Crippen LogP contribution in [-0.2, 0) is 6.54 Å². The highest BCUT2D eigenvalue weighted by Crippen LogP contribution is 1.97. The number of nitrogens with one attached hydrogen (secondary N) is 1. The fourth-order valence-corrected chi connectivity index (χ4v) is 0.877. The fourth-order valence-electron chi connectivity index (χ4n) is 0.877. The monoisotopic (exact) mass is 169 g/mol. The summed E-state index contributed by atoms with van der Waals surface area (Å²) in [6.07, 6.45) is 0. The molecule has 4 heteroatoms. The molecule has 0 atom stereocenters. The zero-order chi connectivity index (χ0) is 8.97. The van der Waals surface area contributed by atoms with Gasteiger partial charge >= 0.3 is 0 Å². The predicted octanol–water partition coefficient (Wildman–Crippen LogP) is 1.12. The first-order chi connectivity index (χ1) is 5.68. The fraction of sp³-hybridized carbons (Fsp3) is 0.750. The van der Waals surface area contributed by atoms with Gasteiger partial charge in [0, 0.05) is 6.92 Å². The summed E-state index contributed by atoms with van der Waals surface area (Å²) in [7, 11) is 0. The largest absolute Gasteiger partial charge is 0.424 e. The van der Waals surface area contributed by atoms with Gasteiger partial charge in [0.2, 0.25) is 11.8 Å². The van der Waals surface area contributed by atoms with Crippen LogP contribution in [0.2, 0.25) is 0 Å². The van der Waals surface area contributed by atoms with E-state index in [2.05, 4.69) is 29.4 Å². The van der Waals surface area contributed by atoms with Crippen molar-refractivity contribution in [2.75, 3.05) is 6.54 Å². The summed E-state index contributed by atoms with van der Waals surface area (Å²) in [5.41, 5.74) is 0. The van der Waals surface area contributed by atoms with E-state index in [-0.39, 0.29) is 0 Å². The van der Waals surface area contributed by atoms with E-state index in [0.29, 0.717) is 24.2 Å². The van der Waals surface area contributed by atoms with Crippen molar-refractivity contribution in [2.24, 2.45) is 5.92 Å². The SMILES string of the molecule is Cc1nnc(CNCC(C)C)o1. The second-order valence-corrected chi connectivity index (χ2v) is 3.24. The Kier molecular flexibility index (Phi) is 3.22. The molecule has 0 radical (unpaired) electrons. The van der Waals surface area contributed by atoms with Crippen molar-refractivity contribution in [1.29, 1.82) is 0 Å². The van der Waals surface area contributed by atoms with Crippen LogP contribution in [0.1, 0.15) is 25.6 Å². The summed E-state index contributed by atoms with van der Waals surface area (Å²) in [6.45, 7) is 7.75. The Labute approximate surface area is 72.4 Å². The minimum Gasteiger partial charge on any atom is -0.424 e. The van der Waals surface area contributed by atoms with E-state index in [1.54, 1.807) is 6.92 Å². The van der Waals surface area contributed by atoms with Gasteiger partial charge < -0.3 is 9.73 Å². The van der Waals surface area contributed by atoms with Crippen LogP contribution in [0.15, 0.2) is 4.42 Å². The third-order valence-corrected chi connectivity index (χ3v) is 1.40. The van der Waals surface area contributed by atoms with Crippen molar-refractivity contribution in [1.82, 2.24) is 15.5 Å². The molecule has 1 aromatic rings. The van der Waals surface area contributed by atoms with Gasteiger partial charge in [-0.3, -0.25) is 0 Å². The molecule has 12 heavy (non-hydrogen) atoms. The molecule has 4 nitrogen and oxygen atoms in total. The molecule has 0 aliphatic rings. The Bertz CT molecular complexity index is 232. The van der Waals surface area contributed by atoms with Crippen molar-refractivity contribution in [3.8, 4) is 0 Å². The molecular formula is C8H15N3O. The maximum Gasteiger partial charge on any atom is 0.230 e. The molecule has 0 unspecified atom stereocenters. The maximum absolute atomic E-state index is 5.18. The van der Waals surface area contributed by atoms with Crippen LogP contribution in [0.3, 0.4) is 0 Å². The van der Waals surface area contributed by atoms with E-state index in [0.717, 1.165) is 6.54 Å². The standard InChI is InChI=1S/C8H15N3O/c1-6(2)4-9-5-8-11-10-7(3)12-8/h6,9H,4-5H2,1-3H3. The zero-order valence-electron chi connectivity index (χ0n) is 7.79. The average molecular weight is 169 g/mol. The van der Waals surface area contributed by atoms with Crippen molar-refractivity contribution in [3.63, 3.8) is 0 Å². The van der Waals surface area contributed by atoms with Crippen molar-refractivity contribution in [2.45, 2.75) is 27.3 Å². The van der Waals surface area contributed by atoms with E-state index in [4.69, 9.17) is 4.42 Å². The second kappa shape index (κ2) is 4.21. The van der Waals surface area contributed by atoms with Gasteiger partial charge in [-0.05, 0) is 12.5 Å². The third kappa shape index (κ3) is 3.00. The van der Waals surface area contributed by atoms with Crippen LogP contribution in [0.5, 0.6) is 0 Å². The zero-order valence-corrected chi connectivity index (χ0v) is 7.79. The lowest BCUT2D eigenvalue weighted by Gasteiger charge is -2.03. The lowest BCUT2D eigenvalue weighted by Crippen LogP contribution is -2.19. The van der Waals surface area contributed by atoms with E-state index < -0.39 is 0 Å². The number of nitrogens with zero attached hydrogens (tertiary/aromatic N) is 2. The topological polar surface area (TPSA) is 51.0 Å². The lowest BCUT2D eigenvalue weighted by molar-refractivity contribution is 0.435. The molecule has 0 bridgehead atoms. The summed E-state index contributed by atoms with van der Waals surface area (Å²) < 4.78 is 5.18. The Hall–Kier alpha value is -0.900. The van der Waals surface area contributed by atoms with Gasteiger partial charge in [-0.1, -0.05) is 13.8 Å². The Balaban J connectivity index is 2.24. The number of aryl methyl sites for hydroxylation is 1.